The summed E-state index contributed by atoms with van der Waals surface area (Å²) in [6.07, 6.45) is 0.202. The minimum absolute atomic E-state index is 0.220. The maximum absolute atomic E-state index is 10.2. The summed E-state index contributed by atoms with van der Waals surface area (Å²) in [4.78, 5) is 0. The first-order valence-corrected chi connectivity index (χ1v) is 6.04. The van der Waals surface area contributed by atoms with Crippen molar-refractivity contribution in [1.29, 1.82) is 0 Å². The molecule has 0 heterocycles. The van der Waals surface area contributed by atoms with Crippen molar-refractivity contribution in [3.63, 3.8) is 0 Å². The quantitative estimate of drug-likeness (QED) is 0.827. The van der Waals surface area contributed by atoms with E-state index in [0.717, 1.165) is 23.3 Å². The molecule has 1 rings (SSSR count). The van der Waals surface area contributed by atoms with Gasteiger partial charge in [0.15, 0.2) is 0 Å². The van der Waals surface area contributed by atoms with Crippen LogP contribution < -0.4 is 10.5 Å². The van der Waals surface area contributed by atoms with Crippen LogP contribution in [-0.4, -0.2) is 18.3 Å². The van der Waals surface area contributed by atoms with Crippen LogP contribution in [0.5, 0.6) is 5.75 Å². The zero-order valence-electron chi connectivity index (χ0n) is 11.1. The van der Waals surface area contributed by atoms with Crippen LogP contribution >= 0.6 is 0 Å². The summed E-state index contributed by atoms with van der Waals surface area (Å²) in [6.45, 7) is 6.17. The predicted octanol–water partition coefficient (Wildman–Crippen LogP) is 2.41. The maximum Gasteiger partial charge on any atom is 0.121 e. The Kier molecular flexibility index (Phi) is 4.97. The second-order valence-corrected chi connectivity index (χ2v) is 4.97. The molecule has 0 aliphatic carbocycles. The summed E-state index contributed by atoms with van der Waals surface area (Å²) in [5, 5.41) is 10.2. The van der Waals surface area contributed by atoms with Crippen molar-refractivity contribution in [3.05, 3.63) is 29.3 Å². The van der Waals surface area contributed by atoms with Gasteiger partial charge in [-0.1, -0.05) is 19.9 Å². The number of methoxy groups -OCH3 is 1. The number of aliphatic hydroxyl groups excluding tert-OH is 1. The number of nitrogens with two attached hydrogens (primary N) is 1. The molecule has 17 heavy (non-hydrogen) atoms. The second-order valence-electron chi connectivity index (χ2n) is 4.97. The number of hydrogen-bond acceptors (Lipinski definition) is 3. The van der Waals surface area contributed by atoms with Crippen molar-refractivity contribution in [1.82, 2.24) is 0 Å². The molecule has 3 N–H and O–H groups in total. The topological polar surface area (TPSA) is 55.5 Å². The fraction of sp³-hybridized carbons (Fsp3) is 0.571. The van der Waals surface area contributed by atoms with Gasteiger partial charge >= 0.3 is 0 Å². The highest BCUT2D eigenvalue weighted by atomic mass is 16.5. The van der Waals surface area contributed by atoms with Crippen LogP contribution in [-0.2, 0) is 0 Å². The zero-order chi connectivity index (χ0) is 13.0. The van der Waals surface area contributed by atoms with E-state index < -0.39 is 6.10 Å². The van der Waals surface area contributed by atoms with Gasteiger partial charge in [0.1, 0.15) is 5.75 Å². The summed E-state index contributed by atoms with van der Waals surface area (Å²) in [6, 6.07) is 5.46. The summed E-state index contributed by atoms with van der Waals surface area (Å²) >= 11 is 0. The number of hydrogen-bond donors (Lipinski definition) is 2. The van der Waals surface area contributed by atoms with Gasteiger partial charge in [-0.3, -0.25) is 0 Å². The van der Waals surface area contributed by atoms with Gasteiger partial charge in [0.05, 0.1) is 13.2 Å². The molecule has 96 valence electrons. The molecule has 0 amide bonds. The maximum atomic E-state index is 10.2. The summed E-state index contributed by atoms with van der Waals surface area (Å²) in [5.74, 6) is 1.32. The minimum atomic E-state index is -0.609. The largest absolute Gasteiger partial charge is 0.496 e. The Balaban J connectivity index is 2.82. The van der Waals surface area contributed by atoms with E-state index in [0.29, 0.717) is 5.92 Å². The molecule has 2 unspecified atom stereocenters. The van der Waals surface area contributed by atoms with Crippen molar-refractivity contribution >= 4 is 0 Å². The second kappa shape index (κ2) is 6.03. The van der Waals surface area contributed by atoms with E-state index in [4.69, 9.17) is 10.5 Å². The first-order valence-electron chi connectivity index (χ1n) is 6.04. The summed E-state index contributed by atoms with van der Waals surface area (Å²) in [7, 11) is 1.64. The van der Waals surface area contributed by atoms with Gasteiger partial charge in [-0.2, -0.15) is 0 Å². The molecular weight excluding hydrogens is 214 g/mol. The number of rotatable bonds is 5. The Bertz CT molecular complexity index is 363. The molecule has 0 radical (unpaired) electrons. The van der Waals surface area contributed by atoms with E-state index in [1.165, 1.54) is 0 Å². The lowest BCUT2D eigenvalue weighted by Crippen LogP contribution is -2.29. The van der Waals surface area contributed by atoms with Gasteiger partial charge in [0.25, 0.3) is 0 Å². The molecule has 0 saturated heterocycles. The molecule has 0 spiro atoms. The van der Waals surface area contributed by atoms with Crippen LogP contribution in [0.15, 0.2) is 18.2 Å². The highest BCUT2D eigenvalue weighted by molar-refractivity contribution is 5.37. The predicted molar refractivity (Wildman–Crippen MR) is 70.1 cm³/mol. The van der Waals surface area contributed by atoms with E-state index in [9.17, 15) is 5.11 Å². The van der Waals surface area contributed by atoms with Crippen molar-refractivity contribution < 1.29 is 9.84 Å². The molecule has 0 bridgehead atoms. The average Bonchev–Trinajstić information content (AvgIpc) is 2.27. The SMILES string of the molecule is COc1ccc(C(O)C(N)CC(C)C)cc1C. The lowest BCUT2D eigenvalue weighted by atomic mass is 9.94. The Morgan fingerprint density at radius 1 is 1.35 bits per heavy atom. The van der Waals surface area contributed by atoms with Crippen molar-refractivity contribution in [2.24, 2.45) is 11.7 Å². The zero-order valence-corrected chi connectivity index (χ0v) is 11.1. The molecule has 3 nitrogen and oxygen atoms in total. The average molecular weight is 237 g/mol. The minimum Gasteiger partial charge on any atom is -0.496 e. The third-order valence-electron chi connectivity index (χ3n) is 2.91. The number of benzene rings is 1. The summed E-state index contributed by atoms with van der Waals surface area (Å²) < 4.78 is 5.19. The molecule has 2 atom stereocenters. The monoisotopic (exact) mass is 237 g/mol. The molecule has 0 fully saturated rings. The van der Waals surface area contributed by atoms with Gasteiger partial charge in [0.2, 0.25) is 0 Å². The van der Waals surface area contributed by atoms with Crippen molar-refractivity contribution in [2.75, 3.05) is 7.11 Å². The van der Waals surface area contributed by atoms with Gasteiger partial charge in [-0.25, -0.2) is 0 Å². The Labute approximate surface area is 104 Å². The van der Waals surface area contributed by atoms with Crippen LogP contribution in [0.1, 0.15) is 37.5 Å². The number of ether oxygens (including phenoxy) is 1. The Hall–Kier alpha value is -1.06. The fourth-order valence-corrected chi connectivity index (χ4v) is 2.01. The fourth-order valence-electron chi connectivity index (χ4n) is 2.01. The molecular formula is C14H23NO2. The van der Waals surface area contributed by atoms with Crippen molar-refractivity contribution in [3.8, 4) is 5.75 Å². The highest BCUT2D eigenvalue weighted by Gasteiger charge is 2.18. The van der Waals surface area contributed by atoms with Crippen LogP contribution in [0.3, 0.4) is 0 Å². The van der Waals surface area contributed by atoms with Crippen molar-refractivity contribution in [2.45, 2.75) is 39.3 Å². The molecule has 3 heteroatoms. The lowest BCUT2D eigenvalue weighted by molar-refractivity contribution is 0.136. The van der Waals surface area contributed by atoms with E-state index in [1.54, 1.807) is 7.11 Å². The van der Waals surface area contributed by atoms with Crippen LogP contribution in [0, 0.1) is 12.8 Å². The Morgan fingerprint density at radius 3 is 2.47 bits per heavy atom. The normalized spacial score (nSPS) is 14.8. The van der Waals surface area contributed by atoms with E-state index in [-0.39, 0.29) is 6.04 Å². The molecule has 0 aliphatic rings. The molecule has 1 aromatic carbocycles. The number of aryl methyl sites for hydroxylation is 1. The lowest BCUT2D eigenvalue weighted by Gasteiger charge is -2.21. The van der Waals surface area contributed by atoms with Crippen LogP contribution in [0.2, 0.25) is 0 Å². The Morgan fingerprint density at radius 2 is 2.00 bits per heavy atom. The molecule has 0 saturated carbocycles. The van der Waals surface area contributed by atoms with Gasteiger partial charge in [0, 0.05) is 6.04 Å². The van der Waals surface area contributed by atoms with Gasteiger partial charge in [-0.15, -0.1) is 0 Å². The summed E-state index contributed by atoms with van der Waals surface area (Å²) in [5.41, 5.74) is 7.86. The smallest absolute Gasteiger partial charge is 0.121 e. The first kappa shape index (κ1) is 14.0. The third-order valence-corrected chi connectivity index (χ3v) is 2.91. The van der Waals surface area contributed by atoms with Crippen LogP contribution in [0.25, 0.3) is 0 Å². The molecule has 0 aliphatic heterocycles. The van der Waals surface area contributed by atoms with E-state index in [1.807, 2.05) is 25.1 Å². The number of aliphatic hydroxyl groups is 1. The third kappa shape index (κ3) is 3.72. The van der Waals surface area contributed by atoms with Gasteiger partial charge < -0.3 is 15.6 Å². The highest BCUT2D eigenvalue weighted by Crippen LogP contribution is 2.25. The van der Waals surface area contributed by atoms with Crippen LogP contribution in [0.4, 0.5) is 0 Å². The standard InChI is InChI=1S/C14H23NO2/c1-9(2)7-12(15)14(16)11-5-6-13(17-4)10(3)8-11/h5-6,8-9,12,14,16H,7,15H2,1-4H3. The first-order chi connectivity index (χ1) is 7.95. The molecule has 1 aromatic rings. The molecule has 0 aromatic heterocycles. The van der Waals surface area contributed by atoms with E-state index >= 15 is 0 Å². The van der Waals surface area contributed by atoms with E-state index in [2.05, 4.69) is 13.8 Å². The van der Waals surface area contributed by atoms with Gasteiger partial charge in [-0.05, 0) is 42.5 Å².